The Bertz CT molecular complexity index is 1030. The summed E-state index contributed by atoms with van der Waals surface area (Å²) in [5.74, 6) is 0. The summed E-state index contributed by atoms with van der Waals surface area (Å²) in [6.45, 7) is 5.41. The van der Waals surface area contributed by atoms with Gasteiger partial charge in [0.15, 0.2) is 5.17 Å². The lowest BCUT2D eigenvalue weighted by Crippen LogP contribution is -2.19. The normalized spacial score (nSPS) is 16.3. The van der Waals surface area contributed by atoms with Gasteiger partial charge in [-0.05, 0) is 48.7 Å². The number of sulfonamides is 1. The molecule has 2 aliphatic rings. The Balaban J connectivity index is 1.56. The number of nitrogens with one attached hydrogen (secondary N) is 1. The first kappa shape index (κ1) is 17.2. The van der Waals surface area contributed by atoms with Crippen molar-refractivity contribution >= 4 is 38.3 Å². The number of fused-ring (bicyclic) bond motifs is 1. The Kier molecular flexibility index (Phi) is 4.28. The Morgan fingerprint density at radius 1 is 1.12 bits per heavy atom. The van der Waals surface area contributed by atoms with E-state index in [0.717, 1.165) is 40.6 Å². The predicted molar refractivity (Wildman–Crippen MR) is 108 cm³/mol. The zero-order chi connectivity index (χ0) is 18.3. The van der Waals surface area contributed by atoms with E-state index in [1.54, 1.807) is 36.9 Å². The van der Waals surface area contributed by atoms with Crippen molar-refractivity contribution in [1.29, 1.82) is 0 Å². The van der Waals surface area contributed by atoms with Gasteiger partial charge >= 0.3 is 0 Å². The van der Waals surface area contributed by atoms with E-state index in [1.807, 2.05) is 31.2 Å². The molecular formula is C19H19N3O2S2. The second-order valence-corrected chi connectivity index (χ2v) is 8.88. The Morgan fingerprint density at radius 3 is 2.65 bits per heavy atom. The first-order chi connectivity index (χ1) is 12.4. The van der Waals surface area contributed by atoms with Crippen LogP contribution in [0.4, 0.5) is 5.69 Å². The Labute approximate surface area is 157 Å². The van der Waals surface area contributed by atoms with E-state index in [4.69, 9.17) is 0 Å². The molecule has 26 heavy (non-hydrogen) atoms. The maximum atomic E-state index is 12.7. The second kappa shape index (κ2) is 6.48. The minimum atomic E-state index is -3.61. The van der Waals surface area contributed by atoms with Crippen molar-refractivity contribution < 1.29 is 8.42 Å². The molecule has 2 heterocycles. The third kappa shape index (κ3) is 3.12. The van der Waals surface area contributed by atoms with Gasteiger partial charge in [0.25, 0.3) is 10.0 Å². The van der Waals surface area contributed by atoms with Crippen molar-refractivity contribution in [2.75, 3.05) is 17.8 Å². The number of hydrogen-bond acceptors (Lipinski definition) is 5. The molecule has 0 radical (unpaired) electrons. The molecule has 4 rings (SSSR count). The minimum Gasteiger partial charge on any atom is -0.318 e. The van der Waals surface area contributed by atoms with Crippen LogP contribution in [0.1, 0.15) is 16.7 Å². The van der Waals surface area contributed by atoms with Crippen LogP contribution in [0.2, 0.25) is 0 Å². The molecule has 0 aromatic heterocycles. The number of aliphatic imine (C=N–C) groups is 1. The van der Waals surface area contributed by atoms with Crippen molar-refractivity contribution in [3.63, 3.8) is 0 Å². The fraction of sp³-hybridized carbons (Fsp3) is 0.211. The van der Waals surface area contributed by atoms with Crippen LogP contribution in [-0.2, 0) is 10.0 Å². The van der Waals surface area contributed by atoms with Gasteiger partial charge in [0.05, 0.1) is 17.1 Å². The maximum Gasteiger partial charge on any atom is 0.262 e. The average molecular weight is 386 g/mol. The lowest BCUT2D eigenvalue weighted by atomic mass is 10.1. The molecule has 0 fully saturated rings. The average Bonchev–Trinajstić information content (AvgIpc) is 3.21. The zero-order valence-corrected chi connectivity index (χ0v) is 16.2. The summed E-state index contributed by atoms with van der Waals surface area (Å²) in [6, 6.07) is 12.9. The molecule has 7 heteroatoms. The maximum absolute atomic E-state index is 12.7. The third-order valence-electron chi connectivity index (χ3n) is 4.43. The van der Waals surface area contributed by atoms with Gasteiger partial charge in [0.2, 0.25) is 0 Å². The summed E-state index contributed by atoms with van der Waals surface area (Å²) in [7, 11) is -3.61. The number of thioether (sulfide) groups is 1. The topological polar surface area (TPSA) is 61.8 Å². The fourth-order valence-corrected chi connectivity index (χ4v) is 5.42. The molecule has 2 aliphatic heterocycles. The highest BCUT2D eigenvalue weighted by Crippen LogP contribution is 2.35. The van der Waals surface area contributed by atoms with E-state index in [2.05, 4.69) is 20.0 Å². The number of hydrogen-bond donors (Lipinski definition) is 1. The lowest BCUT2D eigenvalue weighted by Gasteiger charge is -2.17. The molecule has 0 spiro atoms. The molecule has 0 aliphatic carbocycles. The SMILES string of the molecule is Cc1ccc(C)c(S(=O)(=O)Nc2ccc(C3=CSC4=NCCN34)cc2)c1. The van der Waals surface area contributed by atoms with Crippen LogP contribution >= 0.6 is 11.8 Å². The molecular weight excluding hydrogens is 366 g/mol. The smallest absolute Gasteiger partial charge is 0.262 e. The number of nitrogens with zero attached hydrogens (tertiary/aromatic N) is 2. The van der Waals surface area contributed by atoms with E-state index in [-0.39, 0.29) is 0 Å². The van der Waals surface area contributed by atoms with Crippen LogP contribution in [0.5, 0.6) is 0 Å². The van der Waals surface area contributed by atoms with E-state index >= 15 is 0 Å². The summed E-state index contributed by atoms with van der Waals surface area (Å²) in [4.78, 5) is 6.96. The highest BCUT2D eigenvalue weighted by molar-refractivity contribution is 8.16. The molecule has 2 aromatic carbocycles. The predicted octanol–water partition coefficient (Wildman–Crippen LogP) is 3.82. The molecule has 0 atom stereocenters. The summed E-state index contributed by atoms with van der Waals surface area (Å²) in [6.07, 6.45) is 0. The third-order valence-corrected chi connectivity index (χ3v) is 6.86. The van der Waals surface area contributed by atoms with Crippen LogP contribution in [-0.4, -0.2) is 31.6 Å². The fourth-order valence-electron chi connectivity index (χ4n) is 3.06. The van der Waals surface area contributed by atoms with Crippen LogP contribution in [0.15, 0.2) is 57.8 Å². The summed E-state index contributed by atoms with van der Waals surface area (Å²) >= 11 is 1.63. The van der Waals surface area contributed by atoms with Crippen molar-refractivity contribution in [3.05, 3.63) is 64.6 Å². The number of rotatable bonds is 4. The first-order valence-electron chi connectivity index (χ1n) is 8.33. The molecule has 134 valence electrons. The molecule has 0 unspecified atom stereocenters. The van der Waals surface area contributed by atoms with Gasteiger partial charge in [0, 0.05) is 17.6 Å². The van der Waals surface area contributed by atoms with Gasteiger partial charge in [0.1, 0.15) is 0 Å². The monoisotopic (exact) mass is 385 g/mol. The quantitative estimate of drug-likeness (QED) is 0.869. The molecule has 0 bridgehead atoms. The minimum absolute atomic E-state index is 0.314. The molecule has 1 N–H and O–H groups in total. The van der Waals surface area contributed by atoms with Crippen molar-refractivity contribution in [3.8, 4) is 0 Å². The summed E-state index contributed by atoms with van der Waals surface area (Å²) in [5, 5.41) is 3.13. The van der Waals surface area contributed by atoms with Crippen molar-refractivity contribution in [2.24, 2.45) is 4.99 Å². The van der Waals surface area contributed by atoms with Gasteiger partial charge in [-0.3, -0.25) is 9.71 Å². The van der Waals surface area contributed by atoms with Crippen LogP contribution in [0.25, 0.3) is 5.70 Å². The van der Waals surface area contributed by atoms with Crippen LogP contribution < -0.4 is 4.72 Å². The van der Waals surface area contributed by atoms with Crippen molar-refractivity contribution in [2.45, 2.75) is 18.7 Å². The lowest BCUT2D eigenvalue weighted by molar-refractivity contribution is 0.600. The molecule has 2 aromatic rings. The van der Waals surface area contributed by atoms with Crippen molar-refractivity contribution in [1.82, 2.24) is 4.90 Å². The summed E-state index contributed by atoms with van der Waals surface area (Å²) < 4.78 is 28.1. The molecule has 0 saturated heterocycles. The van der Waals surface area contributed by atoms with E-state index < -0.39 is 10.0 Å². The highest BCUT2D eigenvalue weighted by atomic mass is 32.2. The van der Waals surface area contributed by atoms with E-state index in [9.17, 15) is 8.42 Å². The highest BCUT2D eigenvalue weighted by Gasteiger charge is 2.27. The van der Waals surface area contributed by atoms with Gasteiger partial charge in [-0.2, -0.15) is 0 Å². The molecule has 0 saturated carbocycles. The number of amidine groups is 1. The van der Waals surface area contributed by atoms with Crippen LogP contribution in [0.3, 0.4) is 0 Å². The standard InChI is InChI=1S/C19H19N3O2S2/c1-13-3-4-14(2)18(11-13)26(23,24)21-16-7-5-15(6-8-16)17-12-25-19-20-9-10-22(17)19/h3-8,11-12,21H,9-10H2,1-2H3. The zero-order valence-electron chi connectivity index (χ0n) is 14.6. The van der Waals surface area contributed by atoms with Gasteiger partial charge in [-0.15, -0.1) is 0 Å². The largest absolute Gasteiger partial charge is 0.318 e. The van der Waals surface area contributed by atoms with Crippen LogP contribution in [0, 0.1) is 13.8 Å². The number of aryl methyl sites for hydroxylation is 2. The first-order valence-corrected chi connectivity index (χ1v) is 10.7. The molecule has 0 amide bonds. The van der Waals surface area contributed by atoms with E-state index in [1.165, 1.54) is 0 Å². The van der Waals surface area contributed by atoms with Gasteiger partial charge in [-0.1, -0.05) is 36.0 Å². The Morgan fingerprint density at radius 2 is 1.88 bits per heavy atom. The Hall–Kier alpha value is -2.25. The van der Waals surface area contributed by atoms with Gasteiger partial charge < -0.3 is 4.90 Å². The summed E-state index contributed by atoms with van der Waals surface area (Å²) in [5.41, 5.74) is 4.37. The number of anilines is 1. The van der Waals surface area contributed by atoms with E-state index in [0.29, 0.717) is 10.6 Å². The van der Waals surface area contributed by atoms with Gasteiger partial charge in [-0.25, -0.2) is 8.42 Å². The molecule has 5 nitrogen and oxygen atoms in total. The second-order valence-electron chi connectivity index (χ2n) is 6.39. The number of benzene rings is 2.